The van der Waals surface area contributed by atoms with Gasteiger partial charge >= 0.3 is 13.1 Å². The summed E-state index contributed by atoms with van der Waals surface area (Å²) in [6.45, 7) is 7.27. The van der Waals surface area contributed by atoms with E-state index in [2.05, 4.69) is 5.32 Å². The highest BCUT2D eigenvalue weighted by molar-refractivity contribution is 6.62. The Hall–Kier alpha value is -2.71. The second-order valence-electron chi connectivity index (χ2n) is 7.86. The van der Waals surface area contributed by atoms with E-state index in [1.165, 1.54) is 6.07 Å². The fourth-order valence-corrected chi connectivity index (χ4v) is 3.51. The number of fused-ring (bicyclic) bond motifs is 1. The van der Waals surface area contributed by atoms with Crippen LogP contribution in [0, 0.1) is 25.6 Å². The smallest absolute Gasteiger partial charge is 0.459 e. The molecule has 2 aromatic rings. The quantitative estimate of drug-likeness (QED) is 0.560. The minimum atomic E-state index is -1.06. The lowest BCUT2D eigenvalue weighted by Gasteiger charge is -2.22. The minimum absolute atomic E-state index is 0.0134. The van der Waals surface area contributed by atoms with Crippen molar-refractivity contribution in [2.24, 2.45) is 5.92 Å². The van der Waals surface area contributed by atoms with E-state index in [9.17, 15) is 19.0 Å². The average molecular weight is 413 g/mol. The summed E-state index contributed by atoms with van der Waals surface area (Å²) >= 11 is 0. The van der Waals surface area contributed by atoms with Crippen LogP contribution in [0.5, 0.6) is 0 Å². The summed E-state index contributed by atoms with van der Waals surface area (Å²) in [5.74, 6) is -1.53. The molecule has 0 saturated carbocycles. The van der Waals surface area contributed by atoms with Crippen molar-refractivity contribution in [1.29, 1.82) is 0 Å². The molecule has 3 rings (SSSR count). The van der Waals surface area contributed by atoms with E-state index >= 15 is 0 Å². The van der Waals surface area contributed by atoms with Gasteiger partial charge in [-0.15, -0.1) is 0 Å². The van der Waals surface area contributed by atoms with Crippen LogP contribution >= 0.6 is 0 Å². The molecule has 2 aromatic carbocycles. The first-order valence-corrected chi connectivity index (χ1v) is 9.83. The lowest BCUT2D eigenvalue weighted by Crippen LogP contribution is -2.46. The molecule has 30 heavy (non-hydrogen) atoms. The highest BCUT2D eigenvalue weighted by Gasteiger charge is 2.32. The largest absolute Gasteiger partial charge is 0.492 e. The van der Waals surface area contributed by atoms with Gasteiger partial charge < -0.3 is 19.7 Å². The van der Waals surface area contributed by atoms with E-state index < -0.39 is 25.0 Å². The highest BCUT2D eigenvalue weighted by Crippen LogP contribution is 2.17. The topological polar surface area (TPSA) is 84.9 Å². The summed E-state index contributed by atoms with van der Waals surface area (Å²) in [5, 5.41) is 12.7. The Kier molecular flexibility index (Phi) is 6.58. The fourth-order valence-electron chi connectivity index (χ4n) is 3.51. The molecule has 0 bridgehead atoms. The Morgan fingerprint density at radius 2 is 2.00 bits per heavy atom. The van der Waals surface area contributed by atoms with E-state index in [0.717, 1.165) is 5.56 Å². The molecule has 1 aliphatic heterocycles. The normalized spacial score (nSPS) is 13.9. The van der Waals surface area contributed by atoms with E-state index in [1.54, 1.807) is 52.0 Å². The zero-order valence-corrected chi connectivity index (χ0v) is 17.5. The lowest BCUT2D eigenvalue weighted by molar-refractivity contribution is -0.148. The molecule has 6 nitrogen and oxygen atoms in total. The first kappa shape index (κ1) is 22.0. The van der Waals surface area contributed by atoms with E-state index in [1.807, 2.05) is 0 Å². The standard InChI is InChI=1S/C22H25BFNO5/c1-12(2)20(22(27)29-10-15-5-8-18(24)13(3)9-15)25-21(26)17-7-6-16-11-30-23(28)19(16)14(17)4/h5-9,12,20,28H,10-11H2,1-4H3,(H,25,26)/t20-/m0/s1. The van der Waals surface area contributed by atoms with E-state index in [0.29, 0.717) is 34.3 Å². The van der Waals surface area contributed by atoms with Gasteiger partial charge in [-0.1, -0.05) is 26.0 Å². The summed E-state index contributed by atoms with van der Waals surface area (Å²) in [6.07, 6.45) is 0. The molecule has 8 heteroatoms. The van der Waals surface area contributed by atoms with Crippen LogP contribution in [0.15, 0.2) is 30.3 Å². The van der Waals surface area contributed by atoms with Crippen molar-refractivity contribution in [1.82, 2.24) is 5.32 Å². The molecule has 0 spiro atoms. The number of rotatable bonds is 6. The maximum atomic E-state index is 13.4. The molecule has 1 aliphatic rings. The Morgan fingerprint density at radius 1 is 1.27 bits per heavy atom. The van der Waals surface area contributed by atoms with Crippen molar-refractivity contribution in [2.75, 3.05) is 0 Å². The fraction of sp³-hybridized carbons (Fsp3) is 0.364. The number of hydrogen-bond acceptors (Lipinski definition) is 5. The number of hydrogen-bond donors (Lipinski definition) is 2. The van der Waals surface area contributed by atoms with Gasteiger partial charge in [0, 0.05) is 5.56 Å². The maximum Gasteiger partial charge on any atom is 0.492 e. The number of ether oxygens (including phenoxy) is 1. The summed E-state index contributed by atoms with van der Waals surface area (Å²) in [5.41, 5.74) is 3.55. The van der Waals surface area contributed by atoms with Crippen LogP contribution in [-0.4, -0.2) is 30.1 Å². The van der Waals surface area contributed by atoms with Crippen LogP contribution in [-0.2, 0) is 27.4 Å². The molecular formula is C22H25BFNO5. The van der Waals surface area contributed by atoms with Crippen LogP contribution < -0.4 is 10.8 Å². The molecule has 0 aliphatic carbocycles. The Morgan fingerprint density at radius 3 is 2.67 bits per heavy atom. The third-order valence-corrected chi connectivity index (χ3v) is 5.30. The van der Waals surface area contributed by atoms with Crippen molar-refractivity contribution in [3.63, 3.8) is 0 Å². The Labute approximate surface area is 175 Å². The summed E-state index contributed by atoms with van der Waals surface area (Å²) in [4.78, 5) is 25.5. The highest BCUT2D eigenvalue weighted by atomic mass is 19.1. The summed E-state index contributed by atoms with van der Waals surface area (Å²) < 4.78 is 24.0. The molecule has 1 heterocycles. The van der Waals surface area contributed by atoms with E-state index in [-0.39, 0.29) is 18.3 Å². The van der Waals surface area contributed by atoms with Crippen LogP contribution in [0.25, 0.3) is 0 Å². The van der Waals surface area contributed by atoms with Crippen molar-refractivity contribution < 1.29 is 28.4 Å². The first-order valence-electron chi connectivity index (χ1n) is 9.83. The van der Waals surface area contributed by atoms with Crippen molar-refractivity contribution in [2.45, 2.75) is 47.0 Å². The number of amides is 1. The molecule has 1 atom stereocenters. The third-order valence-electron chi connectivity index (χ3n) is 5.30. The molecule has 0 saturated heterocycles. The number of aryl methyl sites for hydroxylation is 1. The van der Waals surface area contributed by atoms with E-state index in [4.69, 9.17) is 9.39 Å². The molecule has 0 unspecified atom stereocenters. The van der Waals surface area contributed by atoms with Crippen molar-refractivity contribution >= 4 is 24.5 Å². The van der Waals surface area contributed by atoms with Gasteiger partial charge in [-0.2, -0.15) is 0 Å². The van der Waals surface area contributed by atoms with Crippen LogP contribution in [0.4, 0.5) is 4.39 Å². The van der Waals surface area contributed by atoms with Gasteiger partial charge in [0.25, 0.3) is 5.91 Å². The number of carbonyl (C=O) groups is 2. The molecule has 158 valence electrons. The van der Waals surface area contributed by atoms with Crippen LogP contribution in [0.3, 0.4) is 0 Å². The number of carbonyl (C=O) groups excluding carboxylic acids is 2. The zero-order chi connectivity index (χ0) is 22.0. The molecule has 0 aromatic heterocycles. The second kappa shape index (κ2) is 8.98. The molecular weight excluding hydrogens is 388 g/mol. The summed E-state index contributed by atoms with van der Waals surface area (Å²) in [6, 6.07) is 7.05. The third kappa shape index (κ3) is 4.55. The SMILES string of the molecule is Cc1cc(COC(=O)[C@@H](NC(=O)c2ccc3c(c2C)B(O)OC3)C(C)C)ccc1F. The molecule has 1 amide bonds. The summed E-state index contributed by atoms with van der Waals surface area (Å²) in [7, 11) is -1.06. The van der Waals surface area contributed by atoms with Gasteiger partial charge in [0.05, 0.1) is 6.61 Å². The van der Waals surface area contributed by atoms with Gasteiger partial charge in [0.15, 0.2) is 0 Å². The Bertz CT molecular complexity index is 978. The van der Waals surface area contributed by atoms with Crippen molar-refractivity contribution in [3.05, 3.63) is 64.0 Å². The lowest BCUT2D eigenvalue weighted by atomic mass is 9.75. The number of esters is 1. The number of halogens is 1. The van der Waals surface area contributed by atoms with Gasteiger partial charge in [-0.3, -0.25) is 4.79 Å². The monoisotopic (exact) mass is 413 g/mol. The van der Waals surface area contributed by atoms with Crippen LogP contribution in [0.2, 0.25) is 0 Å². The predicted octanol–water partition coefficient (Wildman–Crippen LogP) is 2.16. The maximum absolute atomic E-state index is 13.4. The first-order chi connectivity index (χ1) is 14.2. The van der Waals surface area contributed by atoms with Crippen molar-refractivity contribution in [3.8, 4) is 0 Å². The second-order valence-corrected chi connectivity index (χ2v) is 7.86. The number of nitrogens with one attached hydrogen (secondary N) is 1. The Balaban J connectivity index is 1.71. The van der Waals surface area contributed by atoms with Gasteiger partial charge in [0.1, 0.15) is 18.5 Å². The van der Waals surface area contributed by atoms with Crippen LogP contribution in [0.1, 0.15) is 46.5 Å². The molecule has 0 fully saturated rings. The van der Waals surface area contributed by atoms with Gasteiger partial charge in [-0.05, 0) is 65.7 Å². The molecule has 2 N–H and O–H groups in total. The average Bonchev–Trinajstić information content (AvgIpc) is 3.08. The minimum Gasteiger partial charge on any atom is -0.459 e. The number of benzene rings is 2. The van der Waals surface area contributed by atoms with Gasteiger partial charge in [0.2, 0.25) is 0 Å². The zero-order valence-electron chi connectivity index (χ0n) is 17.5. The molecule has 0 radical (unpaired) electrons. The van der Waals surface area contributed by atoms with Gasteiger partial charge in [-0.25, -0.2) is 9.18 Å². The predicted molar refractivity (Wildman–Crippen MR) is 111 cm³/mol.